The molecule has 1 heterocycles. The SMILES string of the molecule is Oc1ccc([C@H]2CC[C@H](OCc3c(-c4c(Cl)cccc4Cl)noc3C3CC3)CC2)cc1. The monoisotopic (exact) mass is 457 g/mol. The molecule has 0 unspecified atom stereocenters. The van der Waals surface area contributed by atoms with Gasteiger partial charge in [-0.3, -0.25) is 0 Å². The molecule has 31 heavy (non-hydrogen) atoms. The molecule has 0 bridgehead atoms. The average molecular weight is 458 g/mol. The molecule has 4 nitrogen and oxygen atoms in total. The first-order chi connectivity index (χ1) is 15.1. The lowest BCUT2D eigenvalue weighted by Crippen LogP contribution is -2.21. The van der Waals surface area contributed by atoms with E-state index >= 15 is 0 Å². The molecule has 2 aliphatic carbocycles. The quantitative estimate of drug-likeness (QED) is 0.416. The van der Waals surface area contributed by atoms with E-state index in [2.05, 4.69) is 5.16 Å². The minimum Gasteiger partial charge on any atom is -0.508 e. The zero-order valence-electron chi connectivity index (χ0n) is 17.2. The normalized spacial score (nSPS) is 21.4. The number of hydrogen-bond acceptors (Lipinski definition) is 4. The Morgan fingerprint density at radius 1 is 0.903 bits per heavy atom. The lowest BCUT2D eigenvalue weighted by atomic mass is 9.83. The number of ether oxygens (including phenoxy) is 1. The van der Waals surface area contributed by atoms with Gasteiger partial charge in [0.15, 0.2) is 0 Å². The third kappa shape index (κ3) is 4.48. The molecule has 3 aromatic rings. The number of hydrogen-bond donors (Lipinski definition) is 1. The van der Waals surface area contributed by atoms with E-state index in [1.165, 1.54) is 5.56 Å². The first kappa shape index (κ1) is 20.9. The summed E-state index contributed by atoms with van der Waals surface area (Å²) in [6.07, 6.45) is 6.64. The van der Waals surface area contributed by atoms with Crippen molar-refractivity contribution in [2.75, 3.05) is 0 Å². The highest BCUT2D eigenvalue weighted by molar-refractivity contribution is 6.39. The number of aromatic hydroxyl groups is 1. The number of phenolic OH excluding ortho intramolecular Hbond substituents is 1. The van der Waals surface area contributed by atoms with E-state index in [1.807, 2.05) is 30.3 Å². The van der Waals surface area contributed by atoms with Crippen LogP contribution in [0.2, 0.25) is 10.0 Å². The van der Waals surface area contributed by atoms with E-state index in [1.54, 1.807) is 12.1 Å². The van der Waals surface area contributed by atoms with Crippen molar-refractivity contribution in [1.29, 1.82) is 0 Å². The molecule has 6 heteroatoms. The Bertz CT molecular complexity index is 1030. The van der Waals surface area contributed by atoms with Gasteiger partial charge in [-0.25, -0.2) is 0 Å². The van der Waals surface area contributed by atoms with Gasteiger partial charge < -0.3 is 14.4 Å². The second-order valence-corrected chi connectivity index (χ2v) is 9.44. The van der Waals surface area contributed by atoms with Gasteiger partial charge in [0.25, 0.3) is 0 Å². The molecule has 0 radical (unpaired) electrons. The fourth-order valence-electron chi connectivity index (χ4n) is 4.56. The van der Waals surface area contributed by atoms with Crippen LogP contribution in [0.4, 0.5) is 0 Å². The van der Waals surface area contributed by atoms with Crippen molar-refractivity contribution in [3.63, 3.8) is 0 Å². The lowest BCUT2D eigenvalue weighted by Gasteiger charge is -2.29. The number of phenols is 1. The van der Waals surface area contributed by atoms with Crippen LogP contribution < -0.4 is 0 Å². The summed E-state index contributed by atoms with van der Waals surface area (Å²) in [7, 11) is 0. The van der Waals surface area contributed by atoms with Gasteiger partial charge >= 0.3 is 0 Å². The zero-order chi connectivity index (χ0) is 21.4. The number of aromatic nitrogens is 1. The van der Waals surface area contributed by atoms with Gasteiger partial charge in [0.05, 0.1) is 22.8 Å². The Kier molecular flexibility index (Phi) is 5.96. The third-order valence-electron chi connectivity index (χ3n) is 6.47. The standard InChI is InChI=1S/C25H25Cl2NO3/c26-21-2-1-3-22(27)23(21)24-20(25(31-28-24)17-4-5-17)14-30-19-12-8-16(9-13-19)15-6-10-18(29)11-7-15/h1-3,6-7,10-11,16-17,19,29H,4-5,8-9,12-14H2/t16-,19-. The van der Waals surface area contributed by atoms with E-state index < -0.39 is 0 Å². The van der Waals surface area contributed by atoms with Gasteiger partial charge in [0.2, 0.25) is 0 Å². The summed E-state index contributed by atoms with van der Waals surface area (Å²) in [4.78, 5) is 0. The third-order valence-corrected chi connectivity index (χ3v) is 7.10. The van der Waals surface area contributed by atoms with Crippen molar-refractivity contribution in [3.8, 4) is 17.0 Å². The van der Waals surface area contributed by atoms with Crippen LogP contribution in [0.1, 0.15) is 67.2 Å². The first-order valence-corrected chi connectivity index (χ1v) is 11.7. The second-order valence-electron chi connectivity index (χ2n) is 8.62. The van der Waals surface area contributed by atoms with Crippen LogP contribution >= 0.6 is 23.2 Å². The van der Waals surface area contributed by atoms with E-state index in [0.29, 0.717) is 39.9 Å². The molecule has 0 atom stereocenters. The zero-order valence-corrected chi connectivity index (χ0v) is 18.7. The van der Waals surface area contributed by atoms with Crippen LogP contribution in [0, 0.1) is 0 Å². The highest BCUT2D eigenvalue weighted by atomic mass is 35.5. The van der Waals surface area contributed by atoms with Crippen LogP contribution in [-0.4, -0.2) is 16.4 Å². The summed E-state index contributed by atoms with van der Waals surface area (Å²) in [6.45, 7) is 0.459. The summed E-state index contributed by atoms with van der Waals surface area (Å²) in [5, 5.41) is 15.0. The molecule has 0 amide bonds. The van der Waals surface area contributed by atoms with Crippen LogP contribution in [0.3, 0.4) is 0 Å². The number of rotatable bonds is 6. The van der Waals surface area contributed by atoms with Gasteiger partial charge in [-0.1, -0.05) is 46.6 Å². The Labute approximate surface area is 192 Å². The predicted molar refractivity (Wildman–Crippen MR) is 122 cm³/mol. The smallest absolute Gasteiger partial charge is 0.145 e. The number of halogens is 2. The van der Waals surface area contributed by atoms with Crippen LogP contribution in [0.25, 0.3) is 11.3 Å². The second kappa shape index (κ2) is 8.85. The lowest BCUT2D eigenvalue weighted by molar-refractivity contribution is 0.0129. The highest BCUT2D eigenvalue weighted by Gasteiger charge is 2.34. The van der Waals surface area contributed by atoms with Crippen LogP contribution in [-0.2, 0) is 11.3 Å². The van der Waals surface area contributed by atoms with Gasteiger partial charge in [-0.05, 0) is 74.3 Å². The molecule has 162 valence electrons. The number of benzene rings is 2. The van der Waals surface area contributed by atoms with Crippen molar-refractivity contribution in [2.45, 2.75) is 63.1 Å². The average Bonchev–Trinajstić information content (AvgIpc) is 3.54. The molecule has 2 aliphatic rings. The summed E-state index contributed by atoms with van der Waals surface area (Å²) < 4.78 is 12.1. The molecular formula is C25H25Cl2NO3. The fraction of sp³-hybridized carbons (Fsp3) is 0.400. The van der Waals surface area contributed by atoms with Crippen molar-refractivity contribution < 1.29 is 14.4 Å². The van der Waals surface area contributed by atoms with Crippen molar-refractivity contribution in [1.82, 2.24) is 5.16 Å². The minimum absolute atomic E-state index is 0.213. The van der Waals surface area contributed by atoms with E-state index in [9.17, 15) is 5.11 Å². The molecule has 2 fully saturated rings. The molecule has 2 aromatic carbocycles. The maximum absolute atomic E-state index is 9.51. The van der Waals surface area contributed by atoms with Gasteiger partial charge in [-0.2, -0.15) is 0 Å². The minimum atomic E-state index is 0.213. The molecule has 0 aliphatic heterocycles. The first-order valence-electron chi connectivity index (χ1n) is 10.9. The summed E-state index contributed by atoms with van der Waals surface area (Å²) >= 11 is 12.9. The summed E-state index contributed by atoms with van der Waals surface area (Å²) in [5.41, 5.74) is 3.70. The topological polar surface area (TPSA) is 55.5 Å². The van der Waals surface area contributed by atoms with E-state index in [4.69, 9.17) is 32.5 Å². The Balaban J connectivity index is 1.29. The Morgan fingerprint density at radius 3 is 2.19 bits per heavy atom. The van der Waals surface area contributed by atoms with Crippen molar-refractivity contribution in [2.24, 2.45) is 0 Å². The summed E-state index contributed by atoms with van der Waals surface area (Å²) in [5.74, 6) is 2.18. The van der Waals surface area contributed by atoms with Crippen molar-refractivity contribution >= 4 is 23.2 Å². The molecule has 5 rings (SSSR count). The van der Waals surface area contributed by atoms with Crippen molar-refractivity contribution in [3.05, 3.63) is 69.4 Å². The highest BCUT2D eigenvalue weighted by Crippen LogP contribution is 2.46. The molecule has 0 saturated heterocycles. The largest absolute Gasteiger partial charge is 0.508 e. The fourth-order valence-corrected chi connectivity index (χ4v) is 5.14. The maximum atomic E-state index is 9.51. The van der Waals surface area contributed by atoms with Gasteiger partial charge in [-0.15, -0.1) is 0 Å². The van der Waals surface area contributed by atoms with E-state index in [0.717, 1.165) is 55.4 Å². The van der Waals surface area contributed by atoms with Crippen LogP contribution in [0.5, 0.6) is 5.75 Å². The predicted octanol–water partition coefficient (Wildman–Crippen LogP) is 7.47. The maximum Gasteiger partial charge on any atom is 0.145 e. The summed E-state index contributed by atoms with van der Waals surface area (Å²) in [6, 6.07) is 13.1. The van der Waals surface area contributed by atoms with Gasteiger partial charge in [0.1, 0.15) is 17.2 Å². The molecule has 2 saturated carbocycles. The molecule has 0 spiro atoms. The Hall–Kier alpha value is -2.01. The molecule has 1 aromatic heterocycles. The van der Waals surface area contributed by atoms with E-state index in [-0.39, 0.29) is 6.10 Å². The Morgan fingerprint density at radius 2 is 1.55 bits per heavy atom. The molecular weight excluding hydrogens is 433 g/mol. The van der Waals surface area contributed by atoms with Crippen LogP contribution in [0.15, 0.2) is 47.0 Å². The molecule has 1 N–H and O–H groups in total. The number of nitrogens with zero attached hydrogens (tertiary/aromatic N) is 1. The van der Waals surface area contributed by atoms with Gasteiger partial charge in [0, 0.05) is 17.0 Å².